The van der Waals surface area contributed by atoms with E-state index < -0.39 is 29.3 Å². The van der Waals surface area contributed by atoms with Crippen molar-refractivity contribution in [2.75, 3.05) is 11.9 Å². The SMILES string of the molecule is CC(C)(C)N(C(=O)O)C(CNc1nc(O)c(-c2ccc(F)c(F)c2)s1)Cc1ccc(Cl)cc1. The molecule has 0 spiro atoms. The molecule has 3 N–H and O–H groups in total. The van der Waals surface area contributed by atoms with Gasteiger partial charge in [-0.25, -0.2) is 13.6 Å². The lowest BCUT2D eigenvalue weighted by atomic mass is 9.98. The van der Waals surface area contributed by atoms with Crippen LogP contribution in [-0.4, -0.2) is 44.3 Å². The number of carboxylic acid groups (broad SMARTS) is 1. The average Bonchev–Trinajstić information content (AvgIpc) is 3.09. The quantitative estimate of drug-likeness (QED) is 0.361. The van der Waals surface area contributed by atoms with E-state index >= 15 is 0 Å². The van der Waals surface area contributed by atoms with Gasteiger partial charge in [0.2, 0.25) is 5.88 Å². The zero-order valence-corrected chi connectivity index (χ0v) is 19.8. The molecule has 10 heteroatoms. The fraction of sp³-hybridized carbons (Fsp3) is 0.304. The number of rotatable bonds is 7. The van der Waals surface area contributed by atoms with Gasteiger partial charge in [-0.3, -0.25) is 4.90 Å². The molecule has 176 valence electrons. The van der Waals surface area contributed by atoms with Crippen LogP contribution in [0.1, 0.15) is 26.3 Å². The number of anilines is 1. The standard InChI is InChI=1S/C23H24ClF2N3O3S/c1-23(2,3)29(22(31)32)16(10-13-4-7-15(24)8-5-13)12-27-21-28-20(30)19(33-21)14-6-9-17(25)18(26)11-14/h4-9,11,16,30H,10,12H2,1-3H3,(H,27,28)(H,31,32). The van der Waals surface area contributed by atoms with Crippen molar-refractivity contribution >= 4 is 34.2 Å². The molecule has 0 fully saturated rings. The molecule has 0 saturated heterocycles. The Morgan fingerprint density at radius 1 is 1.18 bits per heavy atom. The first-order valence-electron chi connectivity index (χ1n) is 10.1. The number of carbonyl (C=O) groups is 1. The summed E-state index contributed by atoms with van der Waals surface area (Å²) in [5, 5.41) is 24.1. The lowest BCUT2D eigenvalue weighted by molar-refractivity contribution is 0.0737. The molecule has 2 aromatic carbocycles. The Morgan fingerprint density at radius 3 is 2.42 bits per heavy atom. The van der Waals surface area contributed by atoms with E-state index in [0.29, 0.717) is 16.6 Å². The van der Waals surface area contributed by atoms with Gasteiger partial charge in [0.05, 0.1) is 10.9 Å². The van der Waals surface area contributed by atoms with Crippen molar-refractivity contribution in [2.45, 2.75) is 38.8 Å². The molecule has 1 unspecified atom stereocenters. The highest BCUT2D eigenvalue weighted by Crippen LogP contribution is 2.38. The van der Waals surface area contributed by atoms with Gasteiger partial charge in [0, 0.05) is 22.7 Å². The number of nitrogens with one attached hydrogen (secondary N) is 1. The predicted octanol–water partition coefficient (Wildman–Crippen LogP) is 6.25. The number of hydrogen-bond donors (Lipinski definition) is 3. The lowest BCUT2D eigenvalue weighted by Crippen LogP contribution is -2.54. The second kappa shape index (κ2) is 9.93. The monoisotopic (exact) mass is 495 g/mol. The minimum absolute atomic E-state index is 0.205. The van der Waals surface area contributed by atoms with Gasteiger partial charge >= 0.3 is 6.09 Å². The molecule has 1 amide bonds. The largest absolute Gasteiger partial charge is 0.492 e. The van der Waals surface area contributed by atoms with Crippen molar-refractivity contribution < 1.29 is 23.8 Å². The average molecular weight is 496 g/mol. The number of benzene rings is 2. The minimum Gasteiger partial charge on any atom is -0.492 e. The highest BCUT2D eigenvalue weighted by atomic mass is 35.5. The van der Waals surface area contributed by atoms with Crippen LogP contribution < -0.4 is 5.32 Å². The second-order valence-corrected chi connectivity index (χ2v) is 9.92. The summed E-state index contributed by atoms with van der Waals surface area (Å²) in [6.07, 6.45) is -0.645. The van der Waals surface area contributed by atoms with Gasteiger partial charge in [0.15, 0.2) is 16.8 Å². The topological polar surface area (TPSA) is 85.7 Å². The van der Waals surface area contributed by atoms with Gasteiger partial charge in [-0.2, -0.15) is 4.98 Å². The lowest BCUT2D eigenvalue weighted by Gasteiger charge is -2.40. The van der Waals surface area contributed by atoms with Crippen molar-refractivity contribution in [1.82, 2.24) is 9.88 Å². The Kier molecular flexibility index (Phi) is 7.44. The molecule has 0 saturated carbocycles. The van der Waals surface area contributed by atoms with Crippen LogP contribution in [0.2, 0.25) is 5.02 Å². The molecular weight excluding hydrogens is 472 g/mol. The summed E-state index contributed by atoms with van der Waals surface area (Å²) in [6.45, 7) is 5.64. The van der Waals surface area contributed by atoms with Gasteiger partial charge < -0.3 is 15.5 Å². The van der Waals surface area contributed by atoms with Crippen LogP contribution in [0.3, 0.4) is 0 Å². The summed E-state index contributed by atoms with van der Waals surface area (Å²) < 4.78 is 26.9. The maximum absolute atomic E-state index is 13.6. The van der Waals surface area contributed by atoms with E-state index in [-0.39, 0.29) is 22.9 Å². The summed E-state index contributed by atoms with van der Waals surface area (Å²) in [5.74, 6) is -2.34. The third-order valence-electron chi connectivity index (χ3n) is 4.96. The van der Waals surface area contributed by atoms with Gasteiger partial charge in [0.25, 0.3) is 0 Å². The number of amides is 1. The fourth-order valence-corrected chi connectivity index (χ4v) is 4.55. The molecule has 1 aromatic heterocycles. The smallest absolute Gasteiger partial charge is 0.408 e. The second-order valence-electron chi connectivity index (χ2n) is 8.49. The number of hydrogen-bond acceptors (Lipinski definition) is 5. The highest BCUT2D eigenvalue weighted by molar-refractivity contribution is 7.19. The summed E-state index contributed by atoms with van der Waals surface area (Å²) in [5.41, 5.74) is 0.523. The number of halogens is 3. The van der Waals surface area contributed by atoms with Gasteiger partial charge in [-0.1, -0.05) is 41.1 Å². The van der Waals surface area contributed by atoms with E-state index in [1.54, 1.807) is 12.1 Å². The molecule has 3 rings (SSSR count). The Morgan fingerprint density at radius 2 is 1.85 bits per heavy atom. The summed E-state index contributed by atoms with van der Waals surface area (Å²) in [6, 6.07) is 10.0. The Hall–Kier alpha value is -2.91. The first-order chi connectivity index (χ1) is 15.5. The molecule has 0 bridgehead atoms. The molecule has 0 aliphatic heterocycles. The third kappa shape index (κ3) is 6.11. The maximum atomic E-state index is 13.6. The number of aromatic nitrogens is 1. The highest BCUT2D eigenvalue weighted by Gasteiger charge is 2.33. The summed E-state index contributed by atoms with van der Waals surface area (Å²) in [4.78, 5) is 17.8. The van der Waals surface area contributed by atoms with E-state index in [4.69, 9.17) is 11.6 Å². The Bertz CT molecular complexity index is 1130. The molecule has 6 nitrogen and oxygen atoms in total. The molecule has 0 radical (unpaired) electrons. The minimum atomic E-state index is -1.06. The van der Waals surface area contributed by atoms with Crippen LogP contribution in [0, 0.1) is 11.6 Å². The normalized spacial score (nSPS) is 12.4. The van der Waals surface area contributed by atoms with E-state index in [1.165, 1.54) is 11.0 Å². The van der Waals surface area contributed by atoms with Crippen molar-refractivity contribution in [3.05, 3.63) is 64.7 Å². The maximum Gasteiger partial charge on any atom is 0.408 e. The van der Waals surface area contributed by atoms with Gasteiger partial charge in [-0.15, -0.1) is 0 Å². The molecular formula is C23H24ClF2N3O3S. The van der Waals surface area contributed by atoms with Gasteiger partial charge in [-0.05, 0) is 57.0 Å². The van der Waals surface area contributed by atoms with E-state index in [1.807, 2.05) is 32.9 Å². The van der Waals surface area contributed by atoms with E-state index in [2.05, 4.69) is 10.3 Å². The first-order valence-corrected chi connectivity index (χ1v) is 11.3. The fourth-order valence-electron chi connectivity index (χ4n) is 3.56. The van der Waals surface area contributed by atoms with Crippen LogP contribution in [0.5, 0.6) is 5.88 Å². The van der Waals surface area contributed by atoms with E-state index in [9.17, 15) is 23.8 Å². The number of nitrogens with zero attached hydrogens (tertiary/aromatic N) is 2. The molecule has 1 atom stereocenters. The summed E-state index contributed by atoms with van der Waals surface area (Å²) >= 11 is 7.03. The van der Waals surface area contributed by atoms with Crippen LogP contribution >= 0.6 is 22.9 Å². The molecule has 33 heavy (non-hydrogen) atoms. The van der Waals surface area contributed by atoms with Crippen molar-refractivity contribution in [1.29, 1.82) is 0 Å². The van der Waals surface area contributed by atoms with Crippen molar-refractivity contribution in [3.8, 4) is 16.3 Å². The van der Waals surface area contributed by atoms with Crippen LogP contribution in [0.25, 0.3) is 10.4 Å². The van der Waals surface area contributed by atoms with Crippen molar-refractivity contribution in [3.63, 3.8) is 0 Å². The molecule has 3 aromatic rings. The number of aromatic hydroxyl groups is 1. The zero-order valence-electron chi connectivity index (χ0n) is 18.3. The molecule has 0 aliphatic rings. The summed E-state index contributed by atoms with van der Waals surface area (Å²) in [7, 11) is 0. The third-order valence-corrected chi connectivity index (χ3v) is 6.26. The predicted molar refractivity (Wildman–Crippen MR) is 126 cm³/mol. The van der Waals surface area contributed by atoms with Crippen LogP contribution in [-0.2, 0) is 6.42 Å². The number of thiazole rings is 1. The Balaban J connectivity index is 1.85. The zero-order chi connectivity index (χ0) is 24.3. The first kappa shape index (κ1) is 24.7. The molecule has 0 aliphatic carbocycles. The van der Waals surface area contributed by atoms with Crippen LogP contribution in [0.4, 0.5) is 18.7 Å². The van der Waals surface area contributed by atoms with E-state index in [0.717, 1.165) is 29.0 Å². The molecule has 1 heterocycles. The van der Waals surface area contributed by atoms with Crippen LogP contribution in [0.15, 0.2) is 42.5 Å². The van der Waals surface area contributed by atoms with Gasteiger partial charge in [0.1, 0.15) is 0 Å². The van der Waals surface area contributed by atoms with Crippen molar-refractivity contribution in [2.24, 2.45) is 0 Å². The Labute approximate surface area is 199 Å².